The average Bonchev–Trinajstić information content (AvgIpc) is 2.40. The molecule has 1 amide bonds. The standard InChI is InChI=1S/C14H18N2O3/c17-14(15-12-4-2-1-3-5-12)10-11-6-8-13(9-7-11)16(18)19/h6-9,12H,1-5,10H2,(H,15,17). The van der Waals surface area contributed by atoms with Gasteiger partial charge in [-0.1, -0.05) is 31.4 Å². The summed E-state index contributed by atoms with van der Waals surface area (Å²) in [7, 11) is 0. The predicted molar refractivity (Wildman–Crippen MR) is 71.8 cm³/mol. The van der Waals surface area contributed by atoms with E-state index in [-0.39, 0.29) is 18.0 Å². The number of carbonyl (C=O) groups is 1. The third kappa shape index (κ3) is 4.05. The molecular weight excluding hydrogens is 244 g/mol. The van der Waals surface area contributed by atoms with Crippen LogP contribution in [0.4, 0.5) is 5.69 Å². The van der Waals surface area contributed by atoms with Crippen molar-refractivity contribution in [3.05, 3.63) is 39.9 Å². The van der Waals surface area contributed by atoms with E-state index in [0.29, 0.717) is 6.04 Å². The highest BCUT2D eigenvalue weighted by Gasteiger charge is 2.15. The Labute approximate surface area is 112 Å². The van der Waals surface area contributed by atoms with Gasteiger partial charge in [0.1, 0.15) is 0 Å². The maximum absolute atomic E-state index is 11.9. The van der Waals surface area contributed by atoms with Crippen molar-refractivity contribution in [3.8, 4) is 0 Å². The molecule has 2 rings (SSSR count). The number of rotatable bonds is 4. The fourth-order valence-corrected chi connectivity index (χ4v) is 2.45. The first kappa shape index (κ1) is 13.5. The van der Waals surface area contributed by atoms with Crippen LogP contribution in [0.25, 0.3) is 0 Å². The minimum atomic E-state index is -0.439. The fourth-order valence-electron chi connectivity index (χ4n) is 2.45. The number of amides is 1. The average molecular weight is 262 g/mol. The van der Waals surface area contributed by atoms with Crippen LogP contribution in [0.5, 0.6) is 0 Å². The molecule has 1 aromatic carbocycles. The van der Waals surface area contributed by atoms with Gasteiger partial charge in [0.25, 0.3) is 5.69 Å². The Kier molecular flexibility index (Phi) is 4.49. The number of benzene rings is 1. The Balaban J connectivity index is 1.85. The molecule has 0 spiro atoms. The molecule has 0 bridgehead atoms. The third-order valence-electron chi connectivity index (χ3n) is 3.48. The minimum absolute atomic E-state index is 0.000697. The van der Waals surface area contributed by atoms with Crippen LogP contribution in [0.2, 0.25) is 0 Å². The Morgan fingerprint density at radius 3 is 2.42 bits per heavy atom. The highest BCUT2D eigenvalue weighted by molar-refractivity contribution is 5.78. The van der Waals surface area contributed by atoms with Gasteiger partial charge in [-0.2, -0.15) is 0 Å². The lowest BCUT2D eigenvalue weighted by molar-refractivity contribution is -0.384. The summed E-state index contributed by atoms with van der Waals surface area (Å²) in [6.45, 7) is 0. The summed E-state index contributed by atoms with van der Waals surface area (Å²) in [6, 6.07) is 6.45. The van der Waals surface area contributed by atoms with Crippen LogP contribution in [0.1, 0.15) is 37.7 Å². The number of nitrogens with zero attached hydrogens (tertiary/aromatic N) is 1. The van der Waals surface area contributed by atoms with Crippen LogP contribution in [0, 0.1) is 10.1 Å². The Morgan fingerprint density at radius 2 is 1.84 bits per heavy atom. The highest BCUT2D eigenvalue weighted by Crippen LogP contribution is 2.17. The van der Waals surface area contributed by atoms with Crippen LogP contribution in [0.3, 0.4) is 0 Å². The molecule has 5 heteroatoms. The van der Waals surface area contributed by atoms with E-state index in [2.05, 4.69) is 5.32 Å². The van der Waals surface area contributed by atoms with Crippen molar-refractivity contribution in [2.75, 3.05) is 0 Å². The molecule has 1 aliphatic rings. The van der Waals surface area contributed by atoms with Gasteiger partial charge >= 0.3 is 0 Å². The van der Waals surface area contributed by atoms with E-state index in [4.69, 9.17) is 0 Å². The fraction of sp³-hybridized carbons (Fsp3) is 0.500. The molecule has 1 saturated carbocycles. The molecule has 0 heterocycles. The van der Waals surface area contributed by atoms with Crippen LogP contribution >= 0.6 is 0 Å². The van der Waals surface area contributed by atoms with Crippen molar-refractivity contribution in [2.45, 2.75) is 44.6 Å². The number of nitrogens with one attached hydrogen (secondary N) is 1. The van der Waals surface area contributed by atoms with Gasteiger partial charge in [0.2, 0.25) is 5.91 Å². The van der Waals surface area contributed by atoms with E-state index in [9.17, 15) is 14.9 Å². The minimum Gasteiger partial charge on any atom is -0.353 e. The number of nitro benzene ring substituents is 1. The summed E-state index contributed by atoms with van der Waals surface area (Å²) < 4.78 is 0. The van der Waals surface area contributed by atoms with Crippen molar-refractivity contribution < 1.29 is 9.72 Å². The molecule has 0 saturated heterocycles. The first-order valence-corrected chi connectivity index (χ1v) is 6.68. The molecule has 0 radical (unpaired) electrons. The smallest absolute Gasteiger partial charge is 0.269 e. The maximum Gasteiger partial charge on any atom is 0.269 e. The lowest BCUT2D eigenvalue weighted by Crippen LogP contribution is -2.37. The van der Waals surface area contributed by atoms with E-state index >= 15 is 0 Å². The Bertz CT molecular complexity index is 450. The van der Waals surface area contributed by atoms with Gasteiger partial charge in [-0.05, 0) is 18.4 Å². The summed E-state index contributed by atoms with van der Waals surface area (Å²) in [5.41, 5.74) is 0.857. The highest BCUT2D eigenvalue weighted by atomic mass is 16.6. The van der Waals surface area contributed by atoms with Crippen LogP contribution in [-0.4, -0.2) is 16.9 Å². The Hall–Kier alpha value is -1.91. The van der Waals surface area contributed by atoms with Gasteiger partial charge in [-0.15, -0.1) is 0 Å². The summed E-state index contributed by atoms with van der Waals surface area (Å²) in [4.78, 5) is 21.9. The van der Waals surface area contributed by atoms with E-state index in [1.54, 1.807) is 12.1 Å². The summed E-state index contributed by atoms with van der Waals surface area (Å²) >= 11 is 0. The first-order valence-electron chi connectivity index (χ1n) is 6.68. The van der Waals surface area contributed by atoms with E-state index in [1.807, 2.05) is 0 Å². The molecule has 1 aliphatic carbocycles. The van der Waals surface area contributed by atoms with Crippen molar-refractivity contribution in [2.24, 2.45) is 0 Å². The molecule has 0 aromatic heterocycles. The number of nitro groups is 1. The molecule has 0 unspecified atom stereocenters. The summed E-state index contributed by atoms with van der Waals surface area (Å²) in [5.74, 6) is 0.000697. The second kappa shape index (κ2) is 6.31. The molecule has 0 aliphatic heterocycles. The molecule has 0 atom stereocenters. The third-order valence-corrected chi connectivity index (χ3v) is 3.48. The molecule has 19 heavy (non-hydrogen) atoms. The van der Waals surface area contributed by atoms with Crippen molar-refractivity contribution in [1.82, 2.24) is 5.32 Å². The zero-order valence-corrected chi connectivity index (χ0v) is 10.8. The SMILES string of the molecule is O=C(Cc1ccc([N+](=O)[O-])cc1)NC1CCCCC1. The van der Waals surface area contributed by atoms with E-state index in [1.165, 1.54) is 31.4 Å². The molecule has 1 aromatic rings. The van der Waals surface area contributed by atoms with Crippen molar-refractivity contribution in [1.29, 1.82) is 0 Å². The van der Waals surface area contributed by atoms with E-state index < -0.39 is 4.92 Å². The van der Waals surface area contributed by atoms with E-state index in [0.717, 1.165) is 18.4 Å². The van der Waals surface area contributed by atoms with Gasteiger partial charge in [-0.3, -0.25) is 14.9 Å². The molecule has 5 nitrogen and oxygen atoms in total. The van der Waals surface area contributed by atoms with Crippen LogP contribution in [-0.2, 0) is 11.2 Å². The second-order valence-corrected chi connectivity index (χ2v) is 5.00. The van der Waals surface area contributed by atoms with Crippen LogP contribution in [0.15, 0.2) is 24.3 Å². The van der Waals surface area contributed by atoms with Gasteiger partial charge < -0.3 is 5.32 Å². The van der Waals surface area contributed by atoms with Crippen molar-refractivity contribution in [3.63, 3.8) is 0 Å². The zero-order chi connectivity index (χ0) is 13.7. The van der Waals surface area contributed by atoms with Gasteiger partial charge in [0.05, 0.1) is 11.3 Å². The zero-order valence-electron chi connectivity index (χ0n) is 10.8. The quantitative estimate of drug-likeness (QED) is 0.669. The monoisotopic (exact) mass is 262 g/mol. The second-order valence-electron chi connectivity index (χ2n) is 5.00. The molecule has 1 fully saturated rings. The number of non-ortho nitro benzene ring substituents is 1. The van der Waals surface area contributed by atoms with Gasteiger partial charge in [-0.25, -0.2) is 0 Å². The van der Waals surface area contributed by atoms with Gasteiger partial charge in [0, 0.05) is 18.2 Å². The normalized spacial score (nSPS) is 16.0. The summed E-state index contributed by atoms with van der Waals surface area (Å²) in [6.07, 6.45) is 6.03. The number of carbonyl (C=O) groups excluding carboxylic acids is 1. The van der Waals surface area contributed by atoms with Crippen LogP contribution < -0.4 is 5.32 Å². The topological polar surface area (TPSA) is 72.2 Å². The maximum atomic E-state index is 11.9. The van der Waals surface area contributed by atoms with Gasteiger partial charge in [0.15, 0.2) is 0 Å². The number of hydrogen-bond acceptors (Lipinski definition) is 3. The van der Waals surface area contributed by atoms with Crippen molar-refractivity contribution >= 4 is 11.6 Å². The lowest BCUT2D eigenvalue weighted by atomic mass is 9.95. The summed E-state index contributed by atoms with van der Waals surface area (Å²) in [5, 5.41) is 13.6. The molecular formula is C14H18N2O3. The molecule has 1 N–H and O–H groups in total. The first-order chi connectivity index (χ1) is 9.15. The largest absolute Gasteiger partial charge is 0.353 e. The predicted octanol–water partition coefficient (Wildman–Crippen LogP) is 2.59. The lowest BCUT2D eigenvalue weighted by Gasteiger charge is -2.22. The molecule has 102 valence electrons. The number of hydrogen-bond donors (Lipinski definition) is 1. The Morgan fingerprint density at radius 1 is 1.21 bits per heavy atom.